The molecule has 2 rings (SSSR count). The quantitative estimate of drug-likeness (QED) is 0.809. The summed E-state index contributed by atoms with van der Waals surface area (Å²) in [6, 6.07) is 7.83. The van der Waals surface area contributed by atoms with Gasteiger partial charge in [0.25, 0.3) is 0 Å². The van der Waals surface area contributed by atoms with Crippen LogP contribution in [-0.4, -0.2) is 11.1 Å². The lowest BCUT2D eigenvalue weighted by molar-refractivity contribution is 0.784. The third-order valence-corrected chi connectivity index (χ3v) is 2.95. The van der Waals surface area contributed by atoms with Gasteiger partial charge in [0.15, 0.2) is 0 Å². The van der Waals surface area contributed by atoms with E-state index >= 15 is 0 Å². The maximum atomic E-state index is 11.4. The smallest absolute Gasteiger partial charge is 0.307 e. The summed E-state index contributed by atoms with van der Waals surface area (Å²) in [6.07, 6.45) is 1.80. The van der Waals surface area contributed by atoms with Crippen LogP contribution in [0.2, 0.25) is 0 Å². The number of thiazole rings is 1. The number of benzene rings is 1. The van der Waals surface area contributed by atoms with Crippen molar-refractivity contribution >= 4 is 11.3 Å². The van der Waals surface area contributed by atoms with Gasteiger partial charge in [-0.15, -0.1) is 0 Å². The molecule has 0 aliphatic rings. The van der Waals surface area contributed by atoms with Gasteiger partial charge < -0.3 is 10.3 Å². The second-order valence-electron chi connectivity index (χ2n) is 3.50. The highest BCUT2D eigenvalue weighted by Gasteiger charge is 1.99. The SMILES string of the molecule is NCC#Cc1cccc(Cn2ccsc2=O)c1. The lowest BCUT2D eigenvalue weighted by atomic mass is 10.1. The van der Waals surface area contributed by atoms with E-state index in [1.54, 1.807) is 16.1 Å². The Balaban J connectivity index is 2.22. The second-order valence-corrected chi connectivity index (χ2v) is 4.36. The van der Waals surface area contributed by atoms with Crippen LogP contribution in [0.5, 0.6) is 0 Å². The fourth-order valence-corrected chi connectivity index (χ4v) is 2.09. The van der Waals surface area contributed by atoms with E-state index in [9.17, 15) is 4.79 Å². The molecule has 86 valence electrons. The number of hydrogen-bond acceptors (Lipinski definition) is 3. The summed E-state index contributed by atoms with van der Waals surface area (Å²) in [5, 5.41) is 1.79. The van der Waals surface area contributed by atoms with E-state index in [0.29, 0.717) is 13.1 Å². The van der Waals surface area contributed by atoms with Crippen LogP contribution in [0, 0.1) is 11.8 Å². The Morgan fingerprint density at radius 1 is 1.41 bits per heavy atom. The minimum Gasteiger partial charge on any atom is -0.320 e. The molecule has 0 fully saturated rings. The normalized spacial score (nSPS) is 9.71. The molecule has 0 saturated heterocycles. The van der Waals surface area contributed by atoms with Gasteiger partial charge in [-0.2, -0.15) is 0 Å². The van der Waals surface area contributed by atoms with Gasteiger partial charge in [-0.05, 0) is 17.7 Å². The molecule has 1 aromatic carbocycles. The Bertz CT molecular complexity index is 616. The topological polar surface area (TPSA) is 48.0 Å². The van der Waals surface area contributed by atoms with Crippen molar-refractivity contribution in [1.29, 1.82) is 0 Å². The fraction of sp³-hybridized carbons (Fsp3) is 0.154. The van der Waals surface area contributed by atoms with Gasteiger partial charge in [0.1, 0.15) is 0 Å². The summed E-state index contributed by atoms with van der Waals surface area (Å²) in [6.45, 7) is 0.939. The molecule has 0 aliphatic heterocycles. The molecule has 0 aliphatic carbocycles. The van der Waals surface area contributed by atoms with Crippen molar-refractivity contribution in [2.75, 3.05) is 6.54 Å². The highest BCUT2D eigenvalue weighted by molar-refractivity contribution is 7.07. The Labute approximate surface area is 104 Å². The molecule has 0 unspecified atom stereocenters. The Morgan fingerprint density at radius 2 is 2.29 bits per heavy atom. The van der Waals surface area contributed by atoms with E-state index in [4.69, 9.17) is 5.73 Å². The molecule has 0 radical (unpaired) electrons. The third kappa shape index (κ3) is 3.06. The van der Waals surface area contributed by atoms with E-state index in [1.165, 1.54) is 11.3 Å². The minimum atomic E-state index is 0.0587. The molecule has 0 bridgehead atoms. The van der Waals surface area contributed by atoms with Crippen molar-refractivity contribution in [1.82, 2.24) is 4.57 Å². The first-order valence-corrected chi connectivity index (χ1v) is 6.09. The zero-order valence-electron chi connectivity index (χ0n) is 9.22. The summed E-state index contributed by atoms with van der Waals surface area (Å²) in [7, 11) is 0. The van der Waals surface area contributed by atoms with Crippen molar-refractivity contribution < 1.29 is 0 Å². The lowest BCUT2D eigenvalue weighted by Crippen LogP contribution is -2.12. The molecule has 0 atom stereocenters. The maximum absolute atomic E-state index is 11.4. The van der Waals surface area contributed by atoms with Crippen LogP contribution in [0.3, 0.4) is 0 Å². The maximum Gasteiger partial charge on any atom is 0.307 e. The summed E-state index contributed by atoms with van der Waals surface area (Å²) in [5.41, 5.74) is 7.32. The summed E-state index contributed by atoms with van der Waals surface area (Å²) in [4.78, 5) is 11.5. The van der Waals surface area contributed by atoms with Crippen LogP contribution in [0.4, 0.5) is 0 Å². The first-order chi connectivity index (χ1) is 8.29. The van der Waals surface area contributed by atoms with Gasteiger partial charge in [-0.25, -0.2) is 0 Å². The van der Waals surface area contributed by atoms with E-state index in [2.05, 4.69) is 11.8 Å². The van der Waals surface area contributed by atoms with E-state index < -0.39 is 0 Å². The zero-order chi connectivity index (χ0) is 12.1. The molecule has 2 aromatic rings. The second kappa shape index (κ2) is 5.48. The number of hydrogen-bond donors (Lipinski definition) is 1. The minimum absolute atomic E-state index is 0.0587. The highest BCUT2D eigenvalue weighted by atomic mass is 32.1. The van der Waals surface area contributed by atoms with E-state index in [-0.39, 0.29) is 4.87 Å². The van der Waals surface area contributed by atoms with Gasteiger partial charge in [-0.1, -0.05) is 35.3 Å². The molecule has 2 N–H and O–H groups in total. The van der Waals surface area contributed by atoms with Gasteiger partial charge in [0, 0.05) is 17.1 Å². The lowest BCUT2D eigenvalue weighted by Gasteiger charge is -2.02. The van der Waals surface area contributed by atoms with Gasteiger partial charge in [0.05, 0.1) is 13.1 Å². The van der Waals surface area contributed by atoms with E-state index in [1.807, 2.05) is 24.3 Å². The van der Waals surface area contributed by atoms with Crippen LogP contribution >= 0.6 is 11.3 Å². The average Bonchev–Trinajstić information content (AvgIpc) is 2.73. The van der Waals surface area contributed by atoms with Crippen molar-refractivity contribution in [3.8, 4) is 11.8 Å². The number of rotatable bonds is 2. The average molecular weight is 244 g/mol. The molecule has 1 aromatic heterocycles. The summed E-state index contributed by atoms with van der Waals surface area (Å²) >= 11 is 1.20. The van der Waals surface area contributed by atoms with Crippen molar-refractivity contribution in [3.63, 3.8) is 0 Å². The largest absolute Gasteiger partial charge is 0.320 e. The van der Waals surface area contributed by atoms with Crippen molar-refractivity contribution in [3.05, 3.63) is 56.6 Å². The molecule has 3 nitrogen and oxygen atoms in total. The molecule has 17 heavy (non-hydrogen) atoms. The number of nitrogens with zero attached hydrogens (tertiary/aromatic N) is 1. The third-order valence-electron chi connectivity index (χ3n) is 2.26. The first-order valence-electron chi connectivity index (χ1n) is 5.21. The monoisotopic (exact) mass is 244 g/mol. The number of nitrogens with two attached hydrogens (primary N) is 1. The molecule has 0 amide bonds. The Kier molecular flexibility index (Phi) is 3.76. The van der Waals surface area contributed by atoms with Crippen LogP contribution in [0.25, 0.3) is 0 Å². The molecular formula is C13H12N2OS. The van der Waals surface area contributed by atoms with Crippen molar-refractivity contribution in [2.24, 2.45) is 5.73 Å². The standard InChI is InChI=1S/C13H12N2OS/c14-6-2-5-11-3-1-4-12(9-11)10-15-7-8-17-13(15)16/h1,3-4,7-9H,6,10,14H2. The first kappa shape index (κ1) is 11.6. The van der Waals surface area contributed by atoms with Crippen LogP contribution in [0.15, 0.2) is 40.6 Å². The Hall–Kier alpha value is -1.83. The predicted octanol–water partition coefficient (Wildman–Crippen LogP) is 1.27. The van der Waals surface area contributed by atoms with E-state index in [0.717, 1.165) is 11.1 Å². The summed E-state index contributed by atoms with van der Waals surface area (Å²) in [5.74, 6) is 5.79. The van der Waals surface area contributed by atoms with Crippen LogP contribution < -0.4 is 10.6 Å². The fourth-order valence-electron chi connectivity index (χ4n) is 1.51. The molecule has 0 saturated carbocycles. The van der Waals surface area contributed by atoms with Crippen LogP contribution in [-0.2, 0) is 6.54 Å². The molecule has 4 heteroatoms. The van der Waals surface area contributed by atoms with Gasteiger partial charge >= 0.3 is 4.87 Å². The zero-order valence-corrected chi connectivity index (χ0v) is 10.0. The summed E-state index contributed by atoms with van der Waals surface area (Å²) < 4.78 is 1.68. The Morgan fingerprint density at radius 3 is 3.00 bits per heavy atom. The van der Waals surface area contributed by atoms with Gasteiger partial charge in [-0.3, -0.25) is 4.79 Å². The van der Waals surface area contributed by atoms with Crippen LogP contribution in [0.1, 0.15) is 11.1 Å². The molecule has 0 spiro atoms. The molecule has 1 heterocycles. The van der Waals surface area contributed by atoms with Gasteiger partial charge in [0.2, 0.25) is 0 Å². The highest BCUT2D eigenvalue weighted by Crippen LogP contribution is 2.06. The number of aromatic nitrogens is 1. The predicted molar refractivity (Wildman–Crippen MR) is 70.1 cm³/mol. The molecular weight excluding hydrogens is 232 g/mol. The van der Waals surface area contributed by atoms with Crippen molar-refractivity contribution in [2.45, 2.75) is 6.54 Å².